The van der Waals surface area contributed by atoms with Crippen molar-refractivity contribution < 1.29 is 0 Å². The molecule has 0 saturated carbocycles. The van der Waals surface area contributed by atoms with Crippen LogP contribution in [-0.2, 0) is 0 Å². The van der Waals surface area contributed by atoms with Crippen molar-refractivity contribution in [1.82, 2.24) is 4.98 Å². The van der Waals surface area contributed by atoms with Gasteiger partial charge in [0.05, 0.1) is 5.69 Å². The molecule has 0 radical (unpaired) electrons. The summed E-state index contributed by atoms with van der Waals surface area (Å²) in [5.41, 5.74) is 7.83. The van der Waals surface area contributed by atoms with Gasteiger partial charge in [0.15, 0.2) is 5.82 Å². The van der Waals surface area contributed by atoms with E-state index in [0.717, 1.165) is 36.2 Å². The predicted octanol–water partition coefficient (Wildman–Crippen LogP) is 2.60. The summed E-state index contributed by atoms with van der Waals surface area (Å²) in [6, 6.07) is 3.93. The lowest BCUT2D eigenvalue weighted by molar-refractivity contribution is 0.394. The van der Waals surface area contributed by atoms with E-state index in [1.807, 2.05) is 19.1 Å². The first-order valence-corrected chi connectivity index (χ1v) is 6.18. The molecule has 1 aliphatic rings. The Morgan fingerprint density at radius 1 is 1.38 bits per heavy atom. The molecule has 1 fully saturated rings. The van der Waals surface area contributed by atoms with Gasteiger partial charge in [-0.2, -0.15) is 0 Å². The molecule has 1 saturated heterocycles. The molecule has 0 unspecified atom stereocenters. The van der Waals surface area contributed by atoms with Crippen molar-refractivity contribution >= 4 is 11.5 Å². The maximum Gasteiger partial charge on any atom is 0.152 e. The smallest absolute Gasteiger partial charge is 0.152 e. The normalized spacial score (nSPS) is 17.8. The summed E-state index contributed by atoms with van der Waals surface area (Å²) in [4.78, 5) is 6.88. The number of nitrogens with two attached hydrogens (primary N) is 1. The van der Waals surface area contributed by atoms with Gasteiger partial charge in [-0.3, -0.25) is 0 Å². The predicted molar refractivity (Wildman–Crippen MR) is 68.6 cm³/mol. The second-order valence-electron chi connectivity index (χ2n) is 4.70. The minimum absolute atomic E-state index is 0.806. The van der Waals surface area contributed by atoms with Crippen LogP contribution in [-0.4, -0.2) is 18.1 Å². The van der Waals surface area contributed by atoms with Gasteiger partial charge in [-0.05, 0) is 37.8 Å². The fourth-order valence-corrected chi connectivity index (χ4v) is 2.36. The molecular formula is C13H21N3. The van der Waals surface area contributed by atoms with Gasteiger partial charge in [-0.15, -0.1) is 0 Å². The highest BCUT2D eigenvalue weighted by Crippen LogP contribution is 2.27. The molecule has 1 aromatic rings. The van der Waals surface area contributed by atoms with Crippen LogP contribution in [0.2, 0.25) is 0 Å². The Balaban J connectivity index is 2.10. The molecule has 0 amide bonds. The summed E-state index contributed by atoms with van der Waals surface area (Å²) in [7, 11) is 0. The van der Waals surface area contributed by atoms with E-state index >= 15 is 0 Å². The number of hydrogen-bond acceptors (Lipinski definition) is 3. The SMILES string of the molecule is CCC1CCN(c2nc(C)ccc2N)CC1. The zero-order chi connectivity index (χ0) is 11.5. The van der Waals surface area contributed by atoms with E-state index in [9.17, 15) is 0 Å². The van der Waals surface area contributed by atoms with Gasteiger partial charge in [-0.25, -0.2) is 4.98 Å². The monoisotopic (exact) mass is 219 g/mol. The number of nitrogen functional groups attached to an aromatic ring is 1. The molecule has 0 aromatic carbocycles. The maximum atomic E-state index is 5.98. The van der Waals surface area contributed by atoms with Crippen LogP contribution in [0.5, 0.6) is 0 Å². The van der Waals surface area contributed by atoms with Gasteiger partial charge >= 0.3 is 0 Å². The van der Waals surface area contributed by atoms with Crippen LogP contribution in [0.25, 0.3) is 0 Å². The Hall–Kier alpha value is -1.25. The Morgan fingerprint density at radius 3 is 2.69 bits per heavy atom. The van der Waals surface area contributed by atoms with E-state index < -0.39 is 0 Å². The lowest BCUT2D eigenvalue weighted by atomic mass is 9.94. The standard InChI is InChI=1S/C13H21N3/c1-3-11-6-8-16(9-7-11)13-12(14)5-4-10(2)15-13/h4-5,11H,3,6-9,14H2,1-2H3. The van der Waals surface area contributed by atoms with Crippen LogP contribution in [0, 0.1) is 12.8 Å². The molecule has 2 heterocycles. The van der Waals surface area contributed by atoms with Crippen molar-refractivity contribution in [2.24, 2.45) is 5.92 Å². The van der Waals surface area contributed by atoms with Gasteiger partial charge in [0.25, 0.3) is 0 Å². The first-order chi connectivity index (χ1) is 7.70. The van der Waals surface area contributed by atoms with Crippen LogP contribution in [0.1, 0.15) is 31.9 Å². The maximum absolute atomic E-state index is 5.98. The molecule has 16 heavy (non-hydrogen) atoms. The van der Waals surface area contributed by atoms with E-state index in [0.29, 0.717) is 0 Å². The number of aromatic nitrogens is 1. The Kier molecular flexibility index (Phi) is 3.32. The summed E-state index contributed by atoms with van der Waals surface area (Å²) < 4.78 is 0. The Bertz CT molecular complexity index is 354. The number of piperidine rings is 1. The molecule has 1 aromatic heterocycles. The zero-order valence-electron chi connectivity index (χ0n) is 10.2. The Labute approximate surface area is 97.7 Å². The summed E-state index contributed by atoms with van der Waals surface area (Å²) in [5.74, 6) is 1.87. The largest absolute Gasteiger partial charge is 0.396 e. The van der Waals surface area contributed by atoms with Gasteiger partial charge in [0, 0.05) is 18.8 Å². The van der Waals surface area contributed by atoms with E-state index in [2.05, 4.69) is 16.8 Å². The van der Waals surface area contributed by atoms with Crippen molar-refractivity contribution in [3.63, 3.8) is 0 Å². The van der Waals surface area contributed by atoms with Crippen molar-refractivity contribution in [3.05, 3.63) is 17.8 Å². The van der Waals surface area contributed by atoms with Crippen LogP contribution >= 0.6 is 0 Å². The van der Waals surface area contributed by atoms with Crippen molar-refractivity contribution in [3.8, 4) is 0 Å². The highest BCUT2D eigenvalue weighted by Gasteiger charge is 2.20. The average molecular weight is 219 g/mol. The highest BCUT2D eigenvalue weighted by molar-refractivity contribution is 5.63. The second kappa shape index (κ2) is 4.73. The molecule has 0 spiro atoms. The Morgan fingerprint density at radius 2 is 2.06 bits per heavy atom. The lowest BCUT2D eigenvalue weighted by Gasteiger charge is -2.33. The topological polar surface area (TPSA) is 42.2 Å². The molecule has 3 nitrogen and oxygen atoms in total. The van der Waals surface area contributed by atoms with Crippen molar-refractivity contribution in [1.29, 1.82) is 0 Å². The fraction of sp³-hybridized carbons (Fsp3) is 0.615. The van der Waals surface area contributed by atoms with Gasteiger partial charge in [-0.1, -0.05) is 13.3 Å². The van der Waals surface area contributed by atoms with Crippen LogP contribution < -0.4 is 10.6 Å². The minimum atomic E-state index is 0.806. The summed E-state index contributed by atoms with van der Waals surface area (Å²) in [6.07, 6.45) is 3.84. The number of anilines is 2. The van der Waals surface area contributed by atoms with Gasteiger partial charge in [0.2, 0.25) is 0 Å². The van der Waals surface area contributed by atoms with Crippen molar-refractivity contribution in [2.75, 3.05) is 23.7 Å². The summed E-state index contributed by atoms with van der Waals surface area (Å²) >= 11 is 0. The summed E-state index contributed by atoms with van der Waals surface area (Å²) in [6.45, 7) is 6.49. The fourth-order valence-electron chi connectivity index (χ4n) is 2.36. The van der Waals surface area contributed by atoms with E-state index in [4.69, 9.17) is 5.73 Å². The first-order valence-electron chi connectivity index (χ1n) is 6.18. The molecule has 0 aliphatic carbocycles. The van der Waals surface area contributed by atoms with Crippen LogP contribution in [0.4, 0.5) is 11.5 Å². The van der Waals surface area contributed by atoms with E-state index in [1.54, 1.807) is 0 Å². The average Bonchev–Trinajstić information content (AvgIpc) is 2.32. The molecule has 0 bridgehead atoms. The molecule has 3 heteroatoms. The number of rotatable bonds is 2. The molecular weight excluding hydrogens is 198 g/mol. The summed E-state index contributed by atoms with van der Waals surface area (Å²) in [5, 5.41) is 0. The third-order valence-electron chi connectivity index (χ3n) is 3.54. The molecule has 2 N–H and O–H groups in total. The lowest BCUT2D eigenvalue weighted by Crippen LogP contribution is -2.34. The number of hydrogen-bond donors (Lipinski definition) is 1. The van der Waals surface area contributed by atoms with E-state index in [1.165, 1.54) is 19.3 Å². The molecule has 2 rings (SSSR count). The van der Waals surface area contributed by atoms with Crippen molar-refractivity contribution in [2.45, 2.75) is 33.1 Å². The van der Waals surface area contributed by atoms with Gasteiger partial charge < -0.3 is 10.6 Å². The third kappa shape index (κ3) is 2.29. The van der Waals surface area contributed by atoms with E-state index in [-0.39, 0.29) is 0 Å². The van der Waals surface area contributed by atoms with Crippen LogP contribution in [0.15, 0.2) is 12.1 Å². The first kappa shape index (κ1) is 11.2. The molecule has 88 valence electrons. The number of pyridine rings is 1. The minimum Gasteiger partial charge on any atom is -0.396 e. The molecule has 1 aliphatic heterocycles. The highest BCUT2D eigenvalue weighted by atomic mass is 15.2. The molecule has 0 atom stereocenters. The third-order valence-corrected chi connectivity index (χ3v) is 3.54. The quantitative estimate of drug-likeness (QED) is 0.831. The second-order valence-corrected chi connectivity index (χ2v) is 4.70. The van der Waals surface area contributed by atoms with Gasteiger partial charge in [0.1, 0.15) is 0 Å². The number of aryl methyl sites for hydroxylation is 1. The number of nitrogens with zero attached hydrogens (tertiary/aromatic N) is 2. The zero-order valence-corrected chi connectivity index (χ0v) is 10.2. The van der Waals surface area contributed by atoms with Crippen LogP contribution in [0.3, 0.4) is 0 Å².